The van der Waals surface area contributed by atoms with E-state index in [-0.39, 0.29) is 5.82 Å². The molecule has 0 bridgehead atoms. The number of pyridine rings is 1. The summed E-state index contributed by atoms with van der Waals surface area (Å²) in [6, 6.07) is 16.5. The molecule has 0 aliphatic heterocycles. The van der Waals surface area contributed by atoms with Crippen LogP contribution >= 0.6 is 0 Å². The van der Waals surface area contributed by atoms with E-state index in [1.807, 2.05) is 36.5 Å². The number of hydrogen-bond acceptors (Lipinski definition) is 4. The fourth-order valence-electron chi connectivity index (χ4n) is 2.78. The molecule has 0 amide bonds. The van der Waals surface area contributed by atoms with E-state index in [9.17, 15) is 5.26 Å². The van der Waals surface area contributed by atoms with Gasteiger partial charge in [0.15, 0.2) is 0 Å². The Morgan fingerprint density at radius 2 is 1.92 bits per heavy atom. The van der Waals surface area contributed by atoms with Gasteiger partial charge in [-0.05, 0) is 50.3 Å². The summed E-state index contributed by atoms with van der Waals surface area (Å²) in [6.45, 7) is 2.16. The Morgan fingerprint density at radius 1 is 1.20 bits per heavy atom. The van der Waals surface area contributed by atoms with Crippen molar-refractivity contribution in [1.29, 1.82) is 5.26 Å². The largest absolute Gasteiger partial charge is 0.383 e. The van der Waals surface area contributed by atoms with E-state index in [4.69, 9.17) is 5.73 Å². The van der Waals surface area contributed by atoms with Crippen LogP contribution in [-0.4, -0.2) is 29.0 Å². The lowest BCUT2D eigenvalue weighted by molar-refractivity contribution is 0.321. The third-order valence-electron chi connectivity index (χ3n) is 4.51. The number of nitrogens with two attached hydrogens (primary N) is 1. The first kappa shape index (κ1) is 16.7. The maximum atomic E-state index is 9.51. The highest BCUT2D eigenvalue weighted by Gasteiger charge is 2.14. The average molecular weight is 331 g/mol. The Kier molecular flexibility index (Phi) is 4.55. The SMILES string of the molecule is C[C@H](c1ccc(-c2cc(-c3ccc[nH]3)nc(N)c2C#N)cc1)N(C)C. The molecule has 5 heteroatoms. The highest BCUT2D eigenvalue weighted by Crippen LogP contribution is 2.31. The molecular weight excluding hydrogens is 310 g/mol. The average Bonchev–Trinajstić information content (AvgIpc) is 3.15. The summed E-state index contributed by atoms with van der Waals surface area (Å²) >= 11 is 0. The molecule has 0 aliphatic carbocycles. The summed E-state index contributed by atoms with van der Waals surface area (Å²) in [7, 11) is 4.11. The Hall–Kier alpha value is -3.10. The molecule has 0 radical (unpaired) electrons. The maximum absolute atomic E-state index is 9.51. The van der Waals surface area contributed by atoms with Crippen molar-refractivity contribution in [2.24, 2.45) is 0 Å². The van der Waals surface area contributed by atoms with Crippen molar-refractivity contribution in [2.75, 3.05) is 19.8 Å². The minimum Gasteiger partial charge on any atom is -0.383 e. The molecule has 2 heterocycles. The summed E-state index contributed by atoms with van der Waals surface area (Å²) in [5.74, 6) is 0.246. The second kappa shape index (κ2) is 6.80. The molecule has 0 unspecified atom stereocenters. The van der Waals surface area contributed by atoms with E-state index in [1.165, 1.54) is 5.56 Å². The van der Waals surface area contributed by atoms with E-state index >= 15 is 0 Å². The Balaban J connectivity index is 2.08. The van der Waals surface area contributed by atoms with Crippen molar-refractivity contribution in [3.63, 3.8) is 0 Å². The van der Waals surface area contributed by atoms with Crippen LogP contribution in [0.25, 0.3) is 22.5 Å². The first-order chi connectivity index (χ1) is 12.0. The van der Waals surface area contributed by atoms with Crippen molar-refractivity contribution in [2.45, 2.75) is 13.0 Å². The van der Waals surface area contributed by atoms with Crippen LogP contribution in [-0.2, 0) is 0 Å². The molecule has 1 aromatic carbocycles. The van der Waals surface area contributed by atoms with E-state index < -0.39 is 0 Å². The first-order valence-corrected chi connectivity index (χ1v) is 8.12. The van der Waals surface area contributed by atoms with Crippen LogP contribution < -0.4 is 5.73 Å². The molecule has 3 rings (SSSR count). The van der Waals surface area contributed by atoms with Gasteiger partial charge in [-0.25, -0.2) is 4.98 Å². The number of rotatable bonds is 4. The van der Waals surface area contributed by atoms with Gasteiger partial charge in [0, 0.05) is 17.8 Å². The normalized spacial score (nSPS) is 12.1. The van der Waals surface area contributed by atoms with Gasteiger partial charge in [-0.1, -0.05) is 24.3 Å². The van der Waals surface area contributed by atoms with Crippen molar-refractivity contribution < 1.29 is 0 Å². The van der Waals surface area contributed by atoms with Gasteiger partial charge in [0.2, 0.25) is 0 Å². The van der Waals surface area contributed by atoms with Crippen LogP contribution in [0.1, 0.15) is 24.1 Å². The highest BCUT2D eigenvalue weighted by atomic mass is 15.1. The van der Waals surface area contributed by atoms with Crippen LogP contribution in [0.5, 0.6) is 0 Å². The number of anilines is 1. The van der Waals surface area contributed by atoms with Crippen LogP contribution in [0, 0.1) is 11.3 Å². The Labute approximate surface area is 147 Å². The summed E-state index contributed by atoms with van der Waals surface area (Å²) < 4.78 is 0. The number of nitrogens with zero attached hydrogens (tertiary/aromatic N) is 3. The first-order valence-electron chi connectivity index (χ1n) is 8.12. The number of H-pyrrole nitrogens is 1. The zero-order valence-corrected chi connectivity index (χ0v) is 14.6. The number of nitriles is 1. The smallest absolute Gasteiger partial charge is 0.142 e. The van der Waals surface area contributed by atoms with Gasteiger partial charge in [0.05, 0.1) is 11.4 Å². The van der Waals surface area contributed by atoms with Crippen molar-refractivity contribution in [3.8, 4) is 28.6 Å². The molecule has 1 atom stereocenters. The fraction of sp³-hybridized carbons (Fsp3) is 0.200. The Bertz CT molecular complexity index is 903. The summed E-state index contributed by atoms with van der Waals surface area (Å²) in [6.07, 6.45) is 1.84. The zero-order chi connectivity index (χ0) is 18.0. The lowest BCUT2D eigenvalue weighted by atomic mass is 9.97. The lowest BCUT2D eigenvalue weighted by Gasteiger charge is -2.20. The number of nitrogens with one attached hydrogen (secondary N) is 1. The third kappa shape index (κ3) is 3.25. The summed E-state index contributed by atoms with van der Waals surface area (Å²) in [5.41, 5.74) is 11.0. The molecule has 0 saturated heterocycles. The minimum atomic E-state index is 0.246. The quantitative estimate of drug-likeness (QED) is 0.761. The maximum Gasteiger partial charge on any atom is 0.142 e. The zero-order valence-electron chi connectivity index (χ0n) is 14.6. The highest BCUT2D eigenvalue weighted by molar-refractivity contribution is 5.79. The van der Waals surface area contributed by atoms with Gasteiger partial charge in [-0.3, -0.25) is 0 Å². The number of benzene rings is 1. The monoisotopic (exact) mass is 331 g/mol. The van der Waals surface area contributed by atoms with Gasteiger partial charge in [-0.2, -0.15) is 5.26 Å². The van der Waals surface area contributed by atoms with Crippen LogP contribution in [0.4, 0.5) is 5.82 Å². The minimum absolute atomic E-state index is 0.246. The lowest BCUT2D eigenvalue weighted by Crippen LogP contribution is -2.16. The number of hydrogen-bond donors (Lipinski definition) is 2. The molecule has 0 saturated carbocycles. The molecular formula is C20H21N5. The molecule has 0 aliphatic rings. The van der Waals surface area contributed by atoms with Gasteiger partial charge in [0.25, 0.3) is 0 Å². The van der Waals surface area contributed by atoms with Crippen LogP contribution in [0.15, 0.2) is 48.7 Å². The van der Waals surface area contributed by atoms with Crippen molar-refractivity contribution in [3.05, 3.63) is 59.8 Å². The Morgan fingerprint density at radius 3 is 2.48 bits per heavy atom. The summed E-state index contributed by atoms with van der Waals surface area (Å²) in [5, 5.41) is 9.51. The van der Waals surface area contributed by atoms with Gasteiger partial charge >= 0.3 is 0 Å². The molecule has 5 nitrogen and oxygen atoms in total. The second-order valence-corrected chi connectivity index (χ2v) is 6.27. The van der Waals surface area contributed by atoms with E-state index in [2.05, 4.69) is 54.1 Å². The molecule has 3 aromatic rings. The number of aromatic nitrogens is 2. The van der Waals surface area contributed by atoms with Gasteiger partial charge < -0.3 is 15.6 Å². The molecule has 3 N–H and O–H groups in total. The fourth-order valence-corrected chi connectivity index (χ4v) is 2.78. The van der Waals surface area contributed by atoms with Crippen LogP contribution in [0.2, 0.25) is 0 Å². The number of aromatic amines is 1. The predicted molar refractivity (Wildman–Crippen MR) is 101 cm³/mol. The third-order valence-corrected chi connectivity index (χ3v) is 4.51. The second-order valence-electron chi connectivity index (χ2n) is 6.27. The van der Waals surface area contributed by atoms with Crippen molar-refractivity contribution in [1.82, 2.24) is 14.9 Å². The topological polar surface area (TPSA) is 81.7 Å². The van der Waals surface area contributed by atoms with E-state index in [0.29, 0.717) is 11.6 Å². The van der Waals surface area contributed by atoms with Gasteiger partial charge in [0.1, 0.15) is 17.5 Å². The van der Waals surface area contributed by atoms with Crippen molar-refractivity contribution >= 4 is 5.82 Å². The van der Waals surface area contributed by atoms with E-state index in [0.717, 1.165) is 22.5 Å². The van der Waals surface area contributed by atoms with Gasteiger partial charge in [-0.15, -0.1) is 0 Å². The molecule has 0 spiro atoms. The van der Waals surface area contributed by atoms with Crippen LogP contribution in [0.3, 0.4) is 0 Å². The summed E-state index contributed by atoms with van der Waals surface area (Å²) in [4.78, 5) is 9.64. The van der Waals surface area contributed by atoms with E-state index in [1.54, 1.807) is 0 Å². The number of nitrogen functional groups attached to an aromatic ring is 1. The molecule has 0 fully saturated rings. The molecule has 25 heavy (non-hydrogen) atoms. The molecule has 2 aromatic heterocycles. The molecule has 126 valence electrons. The predicted octanol–water partition coefficient (Wildman–Crippen LogP) is 3.82. The standard InChI is InChI=1S/C20H21N5/c1-13(25(2)3)14-6-8-15(9-7-14)16-11-19(18-5-4-10-23-18)24-20(22)17(16)12-21/h4-11,13,23H,1-3H3,(H2,22,24)/t13-/m1/s1.